The third-order valence-electron chi connectivity index (χ3n) is 3.50. The molecule has 0 atom stereocenters. The van der Waals surface area contributed by atoms with Gasteiger partial charge in [-0.15, -0.1) is 0 Å². The van der Waals surface area contributed by atoms with Gasteiger partial charge in [0.15, 0.2) is 0 Å². The van der Waals surface area contributed by atoms with Gasteiger partial charge in [0, 0.05) is 6.10 Å². The number of hydrogen-bond donors (Lipinski definition) is 3. The van der Waals surface area contributed by atoms with Crippen molar-refractivity contribution in [3.63, 3.8) is 0 Å². The summed E-state index contributed by atoms with van der Waals surface area (Å²) in [4.78, 5) is 0. The van der Waals surface area contributed by atoms with E-state index >= 15 is 0 Å². The van der Waals surface area contributed by atoms with Crippen LogP contribution in [0.3, 0.4) is 0 Å². The Kier molecular flexibility index (Phi) is 8.07. The van der Waals surface area contributed by atoms with Crippen molar-refractivity contribution in [2.45, 2.75) is 46.6 Å². The van der Waals surface area contributed by atoms with Crippen LogP contribution in [0.15, 0.2) is 48.5 Å². The first-order valence-electron chi connectivity index (χ1n) is 8.37. The number of aromatic hydroxyl groups is 2. The zero-order valence-electron chi connectivity index (χ0n) is 15.0. The summed E-state index contributed by atoms with van der Waals surface area (Å²) in [6.45, 7) is 7.72. The average Bonchev–Trinajstić information content (AvgIpc) is 2.54. The minimum atomic E-state index is -0.167. The van der Waals surface area contributed by atoms with E-state index in [1.807, 2.05) is 24.3 Å². The molecule has 0 aliphatic rings. The summed E-state index contributed by atoms with van der Waals surface area (Å²) in [6, 6.07) is 14.7. The number of phenolic OH excluding ortho intramolecular Hbond substituents is 2. The first-order valence-corrected chi connectivity index (χ1v) is 8.37. The van der Waals surface area contributed by atoms with Crippen molar-refractivity contribution >= 4 is 11.1 Å². The lowest BCUT2D eigenvalue weighted by Crippen LogP contribution is -1.91. The molecule has 0 unspecified atom stereocenters. The molecule has 0 aromatic heterocycles. The fourth-order valence-electron chi connectivity index (χ4n) is 2.51. The standard InChI is InChI=1S/C18H20O2.C3H8O/c1-3-17(13-5-9-15(19)10-6-13)18(4-2)14-7-11-16(20)12-8-14;1-3(2)4/h5-12,19-20H,3-4H2,1-2H3;3-4H,1-2H3/b18-17+;. The van der Waals surface area contributed by atoms with Gasteiger partial charge in [0.05, 0.1) is 0 Å². The summed E-state index contributed by atoms with van der Waals surface area (Å²) >= 11 is 0. The second-order valence-corrected chi connectivity index (χ2v) is 5.85. The Morgan fingerprint density at radius 1 is 0.708 bits per heavy atom. The molecule has 2 aromatic carbocycles. The molecule has 2 rings (SSSR count). The van der Waals surface area contributed by atoms with Crippen molar-refractivity contribution in [3.8, 4) is 11.5 Å². The molecule has 0 aliphatic heterocycles. The Labute approximate surface area is 144 Å². The molecular weight excluding hydrogens is 300 g/mol. The summed E-state index contributed by atoms with van der Waals surface area (Å²) in [7, 11) is 0. The van der Waals surface area contributed by atoms with Crippen LogP contribution in [0.1, 0.15) is 51.7 Å². The Balaban J connectivity index is 0.000000648. The molecule has 0 saturated carbocycles. The minimum Gasteiger partial charge on any atom is -0.508 e. The van der Waals surface area contributed by atoms with Crippen molar-refractivity contribution in [1.82, 2.24) is 0 Å². The topological polar surface area (TPSA) is 60.7 Å². The van der Waals surface area contributed by atoms with Gasteiger partial charge in [-0.2, -0.15) is 0 Å². The highest BCUT2D eigenvalue weighted by Gasteiger charge is 2.09. The van der Waals surface area contributed by atoms with Gasteiger partial charge in [0.25, 0.3) is 0 Å². The van der Waals surface area contributed by atoms with Crippen molar-refractivity contribution < 1.29 is 15.3 Å². The predicted octanol–water partition coefficient (Wildman–Crippen LogP) is 5.22. The van der Waals surface area contributed by atoms with E-state index in [-0.39, 0.29) is 17.6 Å². The Morgan fingerprint density at radius 3 is 1.17 bits per heavy atom. The molecule has 0 radical (unpaired) electrons. The third-order valence-corrected chi connectivity index (χ3v) is 3.50. The highest BCUT2D eigenvalue weighted by molar-refractivity contribution is 5.90. The van der Waals surface area contributed by atoms with Crippen LogP contribution in [-0.2, 0) is 0 Å². The smallest absolute Gasteiger partial charge is 0.115 e. The van der Waals surface area contributed by atoms with E-state index < -0.39 is 0 Å². The second kappa shape index (κ2) is 9.78. The third kappa shape index (κ3) is 6.09. The van der Waals surface area contributed by atoms with Crippen LogP contribution in [0.4, 0.5) is 0 Å². The molecule has 3 heteroatoms. The lowest BCUT2D eigenvalue weighted by Gasteiger charge is -2.14. The quantitative estimate of drug-likeness (QED) is 0.675. The maximum Gasteiger partial charge on any atom is 0.115 e. The molecule has 0 heterocycles. The van der Waals surface area contributed by atoms with Gasteiger partial charge in [0.1, 0.15) is 11.5 Å². The van der Waals surface area contributed by atoms with E-state index in [0.29, 0.717) is 0 Å². The lowest BCUT2D eigenvalue weighted by atomic mass is 9.91. The number of allylic oxidation sites excluding steroid dienone is 2. The van der Waals surface area contributed by atoms with Gasteiger partial charge >= 0.3 is 0 Å². The summed E-state index contributed by atoms with van der Waals surface area (Å²) in [6.07, 6.45) is 1.68. The molecule has 24 heavy (non-hydrogen) atoms. The normalized spacial score (nSPS) is 11.6. The number of rotatable bonds is 4. The van der Waals surface area contributed by atoms with Crippen molar-refractivity contribution in [2.24, 2.45) is 0 Å². The van der Waals surface area contributed by atoms with Gasteiger partial charge in [-0.25, -0.2) is 0 Å². The van der Waals surface area contributed by atoms with E-state index in [1.54, 1.807) is 38.1 Å². The van der Waals surface area contributed by atoms with Gasteiger partial charge in [-0.1, -0.05) is 38.1 Å². The number of benzene rings is 2. The fraction of sp³-hybridized carbons (Fsp3) is 0.333. The predicted molar refractivity (Wildman–Crippen MR) is 101 cm³/mol. The molecule has 3 N–H and O–H groups in total. The molecule has 0 fully saturated rings. The van der Waals surface area contributed by atoms with Gasteiger partial charge < -0.3 is 15.3 Å². The number of hydrogen-bond acceptors (Lipinski definition) is 3. The highest BCUT2D eigenvalue weighted by Crippen LogP contribution is 2.32. The van der Waals surface area contributed by atoms with Crippen LogP contribution in [0, 0.1) is 0 Å². The molecule has 0 spiro atoms. The first-order chi connectivity index (χ1) is 11.4. The lowest BCUT2D eigenvalue weighted by molar-refractivity contribution is 0.216. The van der Waals surface area contributed by atoms with Crippen molar-refractivity contribution in [2.75, 3.05) is 0 Å². The molecule has 0 amide bonds. The molecular formula is C21H28O3. The largest absolute Gasteiger partial charge is 0.508 e. The zero-order chi connectivity index (χ0) is 18.1. The van der Waals surface area contributed by atoms with E-state index in [2.05, 4.69) is 13.8 Å². The number of aliphatic hydroxyl groups is 1. The second-order valence-electron chi connectivity index (χ2n) is 5.85. The maximum absolute atomic E-state index is 9.41. The van der Waals surface area contributed by atoms with E-state index in [4.69, 9.17) is 5.11 Å². The Hall–Kier alpha value is -2.26. The number of aliphatic hydroxyl groups excluding tert-OH is 1. The summed E-state index contributed by atoms with van der Waals surface area (Å²) in [5.41, 5.74) is 4.82. The van der Waals surface area contributed by atoms with Crippen LogP contribution in [0.2, 0.25) is 0 Å². The Bertz CT molecular complexity index is 580. The van der Waals surface area contributed by atoms with Gasteiger partial charge in [-0.3, -0.25) is 0 Å². The molecule has 0 aliphatic carbocycles. The summed E-state index contributed by atoms with van der Waals surface area (Å²) in [5.74, 6) is 0.568. The summed E-state index contributed by atoms with van der Waals surface area (Å²) in [5, 5.41) is 26.9. The SMILES string of the molecule is CC(C)O.CC/C(=C(/CC)c1ccc(O)cc1)c1ccc(O)cc1. The van der Waals surface area contributed by atoms with Crippen molar-refractivity contribution in [3.05, 3.63) is 59.7 Å². The Morgan fingerprint density at radius 2 is 0.958 bits per heavy atom. The van der Waals surface area contributed by atoms with Crippen LogP contribution in [0.5, 0.6) is 11.5 Å². The zero-order valence-corrected chi connectivity index (χ0v) is 15.0. The van der Waals surface area contributed by atoms with Gasteiger partial charge in [-0.05, 0) is 73.2 Å². The van der Waals surface area contributed by atoms with E-state index in [1.165, 1.54) is 11.1 Å². The van der Waals surface area contributed by atoms with E-state index in [9.17, 15) is 10.2 Å². The van der Waals surface area contributed by atoms with Crippen LogP contribution < -0.4 is 0 Å². The van der Waals surface area contributed by atoms with E-state index in [0.717, 1.165) is 24.0 Å². The molecule has 0 bridgehead atoms. The first kappa shape index (κ1) is 19.8. The summed E-state index contributed by atoms with van der Waals surface area (Å²) < 4.78 is 0. The average molecular weight is 328 g/mol. The highest BCUT2D eigenvalue weighted by atomic mass is 16.3. The monoisotopic (exact) mass is 328 g/mol. The van der Waals surface area contributed by atoms with Crippen LogP contribution in [-0.4, -0.2) is 21.4 Å². The molecule has 2 aromatic rings. The van der Waals surface area contributed by atoms with Gasteiger partial charge in [0.2, 0.25) is 0 Å². The maximum atomic E-state index is 9.41. The number of phenols is 2. The van der Waals surface area contributed by atoms with Crippen LogP contribution in [0.25, 0.3) is 11.1 Å². The molecule has 130 valence electrons. The minimum absolute atomic E-state index is 0.167. The van der Waals surface area contributed by atoms with Crippen LogP contribution >= 0.6 is 0 Å². The van der Waals surface area contributed by atoms with Crippen molar-refractivity contribution in [1.29, 1.82) is 0 Å². The molecule has 0 saturated heterocycles. The fourth-order valence-corrected chi connectivity index (χ4v) is 2.51. The molecule has 3 nitrogen and oxygen atoms in total.